The van der Waals surface area contributed by atoms with Crippen molar-refractivity contribution in [3.05, 3.63) is 24.0 Å². The van der Waals surface area contributed by atoms with E-state index in [0.29, 0.717) is 18.2 Å². The number of nitrogens with one attached hydrogen (secondary N) is 1. The molecule has 0 bridgehead atoms. The number of nitrogens with zero attached hydrogens (tertiary/aromatic N) is 2. The maximum Gasteiger partial charge on any atom is 0.272 e. The van der Waals surface area contributed by atoms with Gasteiger partial charge in [0.25, 0.3) is 5.91 Å². The van der Waals surface area contributed by atoms with Gasteiger partial charge in [-0.3, -0.25) is 4.79 Å². The van der Waals surface area contributed by atoms with Crippen LogP contribution in [-0.2, 0) is 0 Å². The van der Waals surface area contributed by atoms with E-state index in [0.717, 1.165) is 31.5 Å². The quantitative estimate of drug-likeness (QED) is 0.831. The molecule has 1 amide bonds. The van der Waals surface area contributed by atoms with Crippen molar-refractivity contribution in [2.45, 2.75) is 32.3 Å². The van der Waals surface area contributed by atoms with E-state index in [1.807, 2.05) is 6.07 Å². The lowest BCUT2D eigenvalue weighted by Gasteiger charge is -2.34. The molecule has 1 aromatic heterocycles. The highest BCUT2D eigenvalue weighted by Gasteiger charge is 2.29. The van der Waals surface area contributed by atoms with Crippen molar-refractivity contribution < 1.29 is 9.90 Å². The molecule has 20 heavy (non-hydrogen) atoms. The van der Waals surface area contributed by atoms with Crippen LogP contribution < -0.4 is 5.32 Å². The van der Waals surface area contributed by atoms with E-state index in [9.17, 15) is 9.90 Å². The van der Waals surface area contributed by atoms with E-state index in [1.54, 1.807) is 24.2 Å². The van der Waals surface area contributed by atoms with Crippen molar-refractivity contribution in [3.63, 3.8) is 0 Å². The van der Waals surface area contributed by atoms with Crippen molar-refractivity contribution in [3.8, 4) is 0 Å². The number of aromatic nitrogens is 1. The second-order valence-electron chi connectivity index (χ2n) is 5.54. The molecule has 0 unspecified atom stereocenters. The molecule has 5 heteroatoms. The van der Waals surface area contributed by atoms with Gasteiger partial charge in [-0.25, -0.2) is 4.98 Å². The molecule has 0 spiro atoms. The molecule has 0 atom stereocenters. The summed E-state index contributed by atoms with van der Waals surface area (Å²) >= 11 is 0. The molecule has 5 nitrogen and oxygen atoms in total. The first-order chi connectivity index (χ1) is 9.60. The van der Waals surface area contributed by atoms with Crippen molar-refractivity contribution in [1.82, 2.24) is 9.88 Å². The highest BCUT2D eigenvalue weighted by Crippen LogP contribution is 2.27. The Morgan fingerprint density at radius 1 is 1.50 bits per heavy atom. The van der Waals surface area contributed by atoms with Crippen LogP contribution in [0.3, 0.4) is 0 Å². The number of carbonyl (C=O) groups is 1. The summed E-state index contributed by atoms with van der Waals surface area (Å²) in [6.45, 7) is 3.69. The van der Waals surface area contributed by atoms with Gasteiger partial charge in [0.15, 0.2) is 0 Å². The Kier molecular flexibility index (Phi) is 4.95. The predicted octanol–water partition coefficient (Wildman–Crippen LogP) is 1.75. The molecule has 1 aromatic rings. The summed E-state index contributed by atoms with van der Waals surface area (Å²) in [6.07, 6.45) is 4.17. The first-order valence-electron chi connectivity index (χ1n) is 7.23. The molecule has 1 aliphatic carbocycles. The number of aliphatic hydroxyl groups is 1. The number of hydrogen-bond donors (Lipinski definition) is 2. The summed E-state index contributed by atoms with van der Waals surface area (Å²) < 4.78 is 0. The topological polar surface area (TPSA) is 65.5 Å². The van der Waals surface area contributed by atoms with E-state index >= 15 is 0 Å². The zero-order valence-electron chi connectivity index (χ0n) is 12.2. The maximum atomic E-state index is 12.2. The Morgan fingerprint density at radius 3 is 2.80 bits per heavy atom. The molecular formula is C15H23N3O2. The van der Waals surface area contributed by atoms with Gasteiger partial charge in [-0.15, -0.1) is 0 Å². The van der Waals surface area contributed by atoms with Crippen molar-refractivity contribution >= 4 is 11.6 Å². The molecule has 1 saturated carbocycles. The van der Waals surface area contributed by atoms with Crippen LogP contribution in [0.15, 0.2) is 18.3 Å². The Bertz CT molecular complexity index is 441. The van der Waals surface area contributed by atoms with Crippen LogP contribution in [0.5, 0.6) is 0 Å². The summed E-state index contributed by atoms with van der Waals surface area (Å²) in [5.74, 6) is 0.359. The maximum absolute atomic E-state index is 12.2. The van der Waals surface area contributed by atoms with Gasteiger partial charge in [-0.1, -0.05) is 6.92 Å². The van der Waals surface area contributed by atoms with Crippen LogP contribution in [0.2, 0.25) is 0 Å². The third kappa shape index (κ3) is 3.70. The number of aliphatic hydroxyl groups excluding tert-OH is 1. The zero-order chi connectivity index (χ0) is 14.5. The summed E-state index contributed by atoms with van der Waals surface area (Å²) in [6, 6.07) is 3.64. The highest BCUT2D eigenvalue weighted by atomic mass is 16.3. The van der Waals surface area contributed by atoms with Crippen LogP contribution in [0.4, 0.5) is 5.69 Å². The van der Waals surface area contributed by atoms with Gasteiger partial charge in [0.05, 0.1) is 18.0 Å². The molecular weight excluding hydrogens is 254 g/mol. The van der Waals surface area contributed by atoms with Gasteiger partial charge < -0.3 is 15.3 Å². The van der Waals surface area contributed by atoms with Gasteiger partial charge in [0.1, 0.15) is 5.69 Å². The predicted molar refractivity (Wildman–Crippen MR) is 78.7 cm³/mol. The molecule has 2 N–H and O–H groups in total. The lowest BCUT2D eigenvalue weighted by Crippen LogP contribution is -2.39. The third-order valence-electron chi connectivity index (χ3n) is 3.65. The first-order valence-corrected chi connectivity index (χ1v) is 7.23. The van der Waals surface area contributed by atoms with E-state index < -0.39 is 0 Å². The minimum atomic E-state index is -0.175. The zero-order valence-corrected chi connectivity index (χ0v) is 12.2. The minimum absolute atomic E-state index is 0.0616. The Morgan fingerprint density at radius 2 is 2.25 bits per heavy atom. The van der Waals surface area contributed by atoms with Crippen molar-refractivity contribution in [2.75, 3.05) is 25.5 Å². The van der Waals surface area contributed by atoms with Crippen LogP contribution in [-0.4, -0.2) is 47.1 Å². The molecule has 0 aliphatic heterocycles. The van der Waals surface area contributed by atoms with Crippen LogP contribution >= 0.6 is 0 Å². The lowest BCUT2D eigenvalue weighted by molar-refractivity contribution is 0.0264. The summed E-state index contributed by atoms with van der Waals surface area (Å²) in [7, 11) is 1.79. The van der Waals surface area contributed by atoms with Gasteiger partial charge in [0.2, 0.25) is 0 Å². The second kappa shape index (κ2) is 6.70. The summed E-state index contributed by atoms with van der Waals surface area (Å²) in [5.41, 5.74) is 1.41. The lowest BCUT2D eigenvalue weighted by atomic mass is 9.82. The fourth-order valence-electron chi connectivity index (χ4n) is 2.41. The van der Waals surface area contributed by atoms with Crippen molar-refractivity contribution in [1.29, 1.82) is 0 Å². The molecule has 2 rings (SSSR count). The smallest absolute Gasteiger partial charge is 0.272 e. The summed E-state index contributed by atoms with van der Waals surface area (Å²) in [5, 5.41) is 12.5. The molecule has 1 heterocycles. The number of amides is 1. The molecule has 110 valence electrons. The molecule has 0 radical (unpaired) electrons. The average molecular weight is 277 g/mol. The second-order valence-corrected chi connectivity index (χ2v) is 5.54. The first kappa shape index (κ1) is 14.8. The third-order valence-corrected chi connectivity index (χ3v) is 3.65. The number of rotatable bonds is 6. The Hall–Kier alpha value is -1.62. The number of hydrogen-bond acceptors (Lipinski definition) is 4. The Balaban J connectivity index is 1.87. The fourth-order valence-corrected chi connectivity index (χ4v) is 2.41. The molecule has 0 saturated heterocycles. The normalized spacial score (nSPS) is 21.1. The van der Waals surface area contributed by atoms with Gasteiger partial charge >= 0.3 is 0 Å². The Labute approximate surface area is 120 Å². The highest BCUT2D eigenvalue weighted by molar-refractivity contribution is 5.92. The fraction of sp³-hybridized carbons (Fsp3) is 0.600. The largest absolute Gasteiger partial charge is 0.393 e. The number of pyridine rings is 1. The van der Waals surface area contributed by atoms with Gasteiger partial charge in [0, 0.05) is 20.1 Å². The number of anilines is 1. The molecule has 1 aliphatic rings. The standard InChI is InChI=1S/C15H23N3O2/c1-3-6-16-12-4-5-14(17-9-12)15(20)18(2)10-11-7-13(19)8-11/h4-5,9,11,13,16,19H,3,6-8,10H2,1-2H3. The molecule has 0 aromatic carbocycles. The van der Waals surface area contributed by atoms with Gasteiger partial charge in [-0.05, 0) is 37.3 Å². The van der Waals surface area contributed by atoms with E-state index in [1.165, 1.54) is 0 Å². The van der Waals surface area contributed by atoms with E-state index in [2.05, 4.69) is 17.2 Å². The number of carbonyl (C=O) groups excluding carboxylic acids is 1. The van der Waals surface area contributed by atoms with Gasteiger partial charge in [-0.2, -0.15) is 0 Å². The monoisotopic (exact) mass is 277 g/mol. The minimum Gasteiger partial charge on any atom is -0.393 e. The van der Waals surface area contributed by atoms with Crippen LogP contribution in [0, 0.1) is 5.92 Å². The SMILES string of the molecule is CCCNc1ccc(C(=O)N(C)CC2CC(O)C2)nc1. The van der Waals surface area contributed by atoms with Crippen LogP contribution in [0.1, 0.15) is 36.7 Å². The summed E-state index contributed by atoms with van der Waals surface area (Å²) in [4.78, 5) is 18.1. The molecule has 1 fully saturated rings. The van der Waals surface area contributed by atoms with Crippen molar-refractivity contribution in [2.24, 2.45) is 5.92 Å². The van der Waals surface area contributed by atoms with Crippen LogP contribution in [0.25, 0.3) is 0 Å². The van der Waals surface area contributed by atoms with E-state index in [-0.39, 0.29) is 12.0 Å². The van der Waals surface area contributed by atoms with E-state index in [4.69, 9.17) is 0 Å². The average Bonchev–Trinajstić information content (AvgIpc) is 2.43.